The Kier molecular flexibility index (Phi) is 4.97. The number of fused-ring (bicyclic) bond motifs is 2. The molecular formula is C22H19BrN2O2. The molecular weight excluding hydrogens is 404 g/mol. The number of carbonyl (C=O) groups is 1. The second kappa shape index (κ2) is 7.55. The molecule has 0 aliphatic rings. The zero-order chi connectivity index (χ0) is 18.8. The average Bonchev–Trinajstić information content (AvgIpc) is 3.09. The molecule has 3 aromatic carbocycles. The summed E-state index contributed by atoms with van der Waals surface area (Å²) in [5.74, 6) is -0.189. The lowest BCUT2D eigenvalue weighted by Gasteiger charge is -2.17. The van der Waals surface area contributed by atoms with Gasteiger partial charge in [0.05, 0.1) is 12.6 Å². The van der Waals surface area contributed by atoms with E-state index >= 15 is 0 Å². The predicted octanol–water partition coefficient (Wildman–Crippen LogP) is 4.42. The van der Waals surface area contributed by atoms with E-state index in [9.17, 15) is 9.90 Å². The van der Waals surface area contributed by atoms with E-state index in [1.807, 2.05) is 66.9 Å². The molecule has 4 nitrogen and oxygen atoms in total. The van der Waals surface area contributed by atoms with Crippen LogP contribution >= 0.6 is 15.9 Å². The molecule has 1 atom stereocenters. The highest BCUT2D eigenvalue weighted by Crippen LogP contribution is 2.25. The first-order valence-electron chi connectivity index (χ1n) is 8.80. The van der Waals surface area contributed by atoms with Gasteiger partial charge in [0.25, 0.3) is 5.91 Å². The minimum absolute atomic E-state index is 0.128. The van der Waals surface area contributed by atoms with Gasteiger partial charge in [0.1, 0.15) is 0 Å². The Morgan fingerprint density at radius 3 is 2.63 bits per heavy atom. The molecule has 0 unspecified atom stereocenters. The molecule has 27 heavy (non-hydrogen) atoms. The van der Waals surface area contributed by atoms with Crippen LogP contribution in [0.1, 0.15) is 15.9 Å². The van der Waals surface area contributed by atoms with Crippen molar-refractivity contribution in [1.29, 1.82) is 0 Å². The van der Waals surface area contributed by atoms with E-state index in [4.69, 9.17) is 0 Å². The van der Waals surface area contributed by atoms with E-state index < -0.39 is 0 Å². The van der Waals surface area contributed by atoms with Crippen LogP contribution in [0.3, 0.4) is 0 Å². The standard InChI is InChI=1S/C22H19BrN2O2/c23-16-9-14-5-1-2-6-18(14)20(11-16)22(27)25-17(13-26)10-15-12-24-21-8-4-3-7-19(15)21/h1-9,11-12,17,24,26H,10,13H2,(H,25,27)/t17-/m1/s1. The maximum absolute atomic E-state index is 12.9. The Hall–Kier alpha value is -2.63. The van der Waals surface area contributed by atoms with E-state index in [1.54, 1.807) is 0 Å². The van der Waals surface area contributed by atoms with Crippen molar-refractivity contribution in [1.82, 2.24) is 10.3 Å². The summed E-state index contributed by atoms with van der Waals surface area (Å²) in [5, 5.41) is 15.8. The molecule has 1 amide bonds. The monoisotopic (exact) mass is 422 g/mol. The third kappa shape index (κ3) is 3.61. The topological polar surface area (TPSA) is 65.1 Å². The average molecular weight is 423 g/mol. The van der Waals surface area contributed by atoms with Gasteiger partial charge in [-0.3, -0.25) is 4.79 Å². The number of carbonyl (C=O) groups excluding carboxylic acids is 1. The van der Waals surface area contributed by atoms with Gasteiger partial charge in [-0.1, -0.05) is 58.4 Å². The lowest BCUT2D eigenvalue weighted by Crippen LogP contribution is -2.39. The van der Waals surface area contributed by atoms with Crippen LogP contribution < -0.4 is 5.32 Å². The number of benzene rings is 3. The number of hydrogen-bond acceptors (Lipinski definition) is 2. The van der Waals surface area contributed by atoms with Crippen LogP contribution in [0.25, 0.3) is 21.7 Å². The van der Waals surface area contributed by atoms with Crippen molar-refractivity contribution < 1.29 is 9.90 Å². The number of para-hydroxylation sites is 1. The first-order chi connectivity index (χ1) is 13.2. The third-order valence-electron chi connectivity index (χ3n) is 4.77. The highest BCUT2D eigenvalue weighted by Gasteiger charge is 2.17. The molecule has 0 bridgehead atoms. The van der Waals surface area contributed by atoms with Gasteiger partial charge in [0.15, 0.2) is 0 Å². The lowest BCUT2D eigenvalue weighted by molar-refractivity contribution is 0.0918. The highest BCUT2D eigenvalue weighted by atomic mass is 79.9. The number of aliphatic hydroxyl groups is 1. The number of aliphatic hydroxyl groups excluding tert-OH is 1. The summed E-state index contributed by atoms with van der Waals surface area (Å²) < 4.78 is 0.850. The van der Waals surface area contributed by atoms with Crippen molar-refractivity contribution >= 4 is 43.5 Å². The molecule has 0 fully saturated rings. The Labute approximate surface area is 165 Å². The number of halogens is 1. The molecule has 0 aliphatic carbocycles. The number of aromatic amines is 1. The molecule has 0 radical (unpaired) electrons. The van der Waals surface area contributed by atoms with E-state index in [-0.39, 0.29) is 18.6 Å². The number of nitrogens with one attached hydrogen (secondary N) is 2. The van der Waals surface area contributed by atoms with E-state index in [0.717, 1.165) is 31.7 Å². The van der Waals surface area contributed by atoms with Gasteiger partial charge in [-0.15, -0.1) is 0 Å². The Bertz CT molecular complexity index is 1120. The second-order valence-corrected chi connectivity index (χ2v) is 7.51. The predicted molar refractivity (Wildman–Crippen MR) is 112 cm³/mol. The lowest BCUT2D eigenvalue weighted by atomic mass is 10.0. The van der Waals surface area contributed by atoms with Crippen LogP contribution in [-0.4, -0.2) is 28.6 Å². The molecule has 1 aromatic heterocycles. The minimum atomic E-state index is -0.366. The molecule has 5 heteroatoms. The smallest absolute Gasteiger partial charge is 0.252 e. The zero-order valence-electron chi connectivity index (χ0n) is 14.6. The van der Waals surface area contributed by atoms with Crippen molar-refractivity contribution in [2.75, 3.05) is 6.61 Å². The SMILES string of the molecule is O=C(N[C@@H](CO)Cc1c[nH]c2ccccc12)c1cc(Br)cc2ccccc12. The van der Waals surface area contributed by atoms with Gasteiger partial charge in [0.2, 0.25) is 0 Å². The normalized spacial score (nSPS) is 12.4. The van der Waals surface area contributed by atoms with Crippen molar-refractivity contribution in [3.63, 3.8) is 0 Å². The van der Waals surface area contributed by atoms with Gasteiger partial charge in [-0.2, -0.15) is 0 Å². The maximum Gasteiger partial charge on any atom is 0.252 e. The third-order valence-corrected chi connectivity index (χ3v) is 5.23. The summed E-state index contributed by atoms with van der Waals surface area (Å²) in [6, 6.07) is 19.2. The zero-order valence-corrected chi connectivity index (χ0v) is 16.2. The van der Waals surface area contributed by atoms with E-state index in [1.165, 1.54) is 0 Å². The van der Waals surface area contributed by atoms with E-state index in [0.29, 0.717) is 12.0 Å². The van der Waals surface area contributed by atoms with Crippen molar-refractivity contribution in [2.45, 2.75) is 12.5 Å². The van der Waals surface area contributed by atoms with Crippen molar-refractivity contribution in [2.24, 2.45) is 0 Å². The number of amides is 1. The summed E-state index contributed by atoms with van der Waals surface area (Å²) in [4.78, 5) is 16.2. The highest BCUT2D eigenvalue weighted by molar-refractivity contribution is 9.10. The molecule has 0 saturated heterocycles. The fraction of sp³-hybridized carbons (Fsp3) is 0.136. The Balaban J connectivity index is 1.59. The number of hydrogen-bond donors (Lipinski definition) is 3. The Morgan fingerprint density at radius 2 is 1.81 bits per heavy atom. The van der Waals surface area contributed by atoms with Crippen LogP contribution in [0.4, 0.5) is 0 Å². The summed E-state index contributed by atoms with van der Waals surface area (Å²) in [6.07, 6.45) is 2.49. The maximum atomic E-state index is 12.9. The number of H-pyrrole nitrogens is 1. The second-order valence-electron chi connectivity index (χ2n) is 6.59. The quantitative estimate of drug-likeness (QED) is 0.445. The summed E-state index contributed by atoms with van der Waals surface area (Å²) in [5.41, 5.74) is 2.72. The van der Waals surface area contributed by atoms with Gasteiger partial charge in [-0.05, 0) is 41.0 Å². The summed E-state index contributed by atoms with van der Waals surface area (Å²) in [6.45, 7) is -0.128. The van der Waals surface area contributed by atoms with Gasteiger partial charge in [-0.25, -0.2) is 0 Å². The van der Waals surface area contributed by atoms with Gasteiger partial charge in [0, 0.05) is 27.1 Å². The Morgan fingerprint density at radius 1 is 1.07 bits per heavy atom. The molecule has 0 aliphatic heterocycles. The fourth-order valence-electron chi connectivity index (χ4n) is 3.45. The van der Waals surface area contributed by atoms with Crippen LogP contribution in [-0.2, 0) is 6.42 Å². The molecule has 136 valence electrons. The van der Waals surface area contributed by atoms with Crippen LogP contribution in [0, 0.1) is 0 Å². The van der Waals surface area contributed by atoms with Crippen LogP contribution in [0.5, 0.6) is 0 Å². The molecule has 4 aromatic rings. The molecule has 0 saturated carbocycles. The molecule has 4 rings (SSSR count). The van der Waals surface area contributed by atoms with Gasteiger partial charge >= 0.3 is 0 Å². The van der Waals surface area contributed by atoms with Crippen LogP contribution in [0.2, 0.25) is 0 Å². The minimum Gasteiger partial charge on any atom is -0.394 e. The summed E-state index contributed by atoms with van der Waals surface area (Å²) >= 11 is 3.48. The first-order valence-corrected chi connectivity index (χ1v) is 9.60. The molecule has 1 heterocycles. The molecule has 0 spiro atoms. The van der Waals surface area contributed by atoms with Crippen molar-refractivity contribution in [3.8, 4) is 0 Å². The van der Waals surface area contributed by atoms with Gasteiger partial charge < -0.3 is 15.4 Å². The molecule has 3 N–H and O–H groups in total. The largest absolute Gasteiger partial charge is 0.394 e. The number of aromatic nitrogens is 1. The van der Waals surface area contributed by atoms with Crippen LogP contribution in [0.15, 0.2) is 71.3 Å². The first kappa shape index (κ1) is 17.8. The fourth-order valence-corrected chi connectivity index (χ4v) is 3.93. The summed E-state index contributed by atoms with van der Waals surface area (Å²) in [7, 11) is 0. The van der Waals surface area contributed by atoms with E-state index in [2.05, 4.69) is 26.2 Å². The number of rotatable bonds is 5. The van der Waals surface area contributed by atoms with Crippen molar-refractivity contribution in [3.05, 3.63) is 82.5 Å².